The van der Waals surface area contributed by atoms with Crippen LogP contribution >= 0.6 is 12.2 Å². The van der Waals surface area contributed by atoms with Gasteiger partial charge in [0.1, 0.15) is 0 Å². The van der Waals surface area contributed by atoms with Crippen molar-refractivity contribution >= 4 is 17.3 Å². The molecule has 2 aromatic rings. The number of thiocarbonyl (C=S) groups is 1. The maximum atomic E-state index is 5.76. The van der Waals surface area contributed by atoms with Crippen molar-refractivity contribution in [2.75, 3.05) is 0 Å². The lowest BCUT2D eigenvalue weighted by molar-refractivity contribution is 0.245. The van der Waals surface area contributed by atoms with Crippen molar-refractivity contribution < 1.29 is 0 Å². The molecule has 0 amide bonds. The highest BCUT2D eigenvalue weighted by molar-refractivity contribution is 7.80. The fraction of sp³-hybridized carbons (Fsp3) is 0.474. The van der Waals surface area contributed by atoms with Gasteiger partial charge in [0.2, 0.25) is 0 Å². The summed E-state index contributed by atoms with van der Waals surface area (Å²) in [6.07, 6.45) is 6.93. The lowest BCUT2D eigenvalue weighted by Crippen LogP contribution is -2.37. The summed E-state index contributed by atoms with van der Waals surface area (Å²) in [6, 6.07) is 9.24. The summed E-state index contributed by atoms with van der Waals surface area (Å²) in [5.41, 5.74) is 4.82. The van der Waals surface area contributed by atoms with E-state index < -0.39 is 0 Å². The molecule has 1 saturated carbocycles. The molecular formula is C19H24N4S. The average molecular weight is 340 g/mol. The van der Waals surface area contributed by atoms with Crippen molar-refractivity contribution in [3.8, 4) is 0 Å². The van der Waals surface area contributed by atoms with Gasteiger partial charge in [-0.1, -0.05) is 18.9 Å². The van der Waals surface area contributed by atoms with Crippen molar-refractivity contribution in [3.63, 3.8) is 0 Å². The van der Waals surface area contributed by atoms with E-state index in [1.165, 1.54) is 42.6 Å². The minimum atomic E-state index is 0.105. The van der Waals surface area contributed by atoms with Gasteiger partial charge in [-0.2, -0.15) is 0 Å². The number of hydrogen-bond donors (Lipinski definition) is 2. The van der Waals surface area contributed by atoms with Gasteiger partial charge < -0.3 is 15.2 Å². The number of aromatic nitrogens is 2. The molecule has 0 radical (unpaired) electrons. The molecule has 1 saturated heterocycles. The predicted molar refractivity (Wildman–Crippen MR) is 99.8 cm³/mol. The fourth-order valence-electron chi connectivity index (χ4n) is 4.33. The summed E-state index contributed by atoms with van der Waals surface area (Å²) < 4.78 is 0. The summed E-state index contributed by atoms with van der Waals surface area (Å²) in [5, 5.41) is 4.44. The Morgan fingerprint density at radius 2 is 2.00 bits per heavy atom. The van der Waals surface area contributed by atoms with Gasteiger partial charge in [-0.05, 0) is 62.7 Å². The molecule has 2 aromatic heterocycles. The van der Waals surface area contributed by atoms with E-state index >= 15 is 0 Å². The molecule has 0 spiro atoms. The van der Waals surface area contributed by atoms with Gasteiger partial charge in [0.25, 0.3) is 0 Å². The Morgan fingerprint density at radius 1 is 1.21 bits per heavy atom. The normalized spacial score (nSPS) is 24.6. The highest BCUT2D eigenvalue weighted by Crippen LogP contribution is 2.43. The first-order valence-corrected chi connectivity index (χ1v) is 9.22. The summed E-state index contributed by atoms with van der Waals surface area (Å²) in [4.78, 5) is 10.5. The van der Waals surface area contributed by atoms with Crippen molar-refractivity contribution in [2.45, 2.75) is 57.7 Å². The minimum Gasteiger partial charge on any atom is -0.362 e. The van der Waals surface area contributed by atoms with Crippen LogP contribution in [0.25, 0.3) is 0 Å². The Labute approximate surface area is 148 Å². The molecule has 4 nitrogen and oxygen atoms in total. The van der Waals surface area contributed by atoms with Gasteiger partial charge in [0.05, 0.1) is 17.8 Å². The van der Waals surface area contributed by atoms with E-state index in [4.69, 9.17) is 12.2 Å². The average Bonchev–Trinajstić information content (AvgIpc) is 3.27. The van der Waals surface area contributed by atoms with Gasteiger partial charge in [-0.3, -0.25) is 4.98 Å². The molecule has 1 aliphatic heterocycles. The van der Waals surface area contributed by atoms with E-state index in [9.17, 15) is 0 Å². The summed E-state index contributed by atoms with van der Waals surface area (Å²) in [7, 11) is 0. The van der Waals surface area contributed by atoms with Crippen LogP contribution in [0.4, 0.5) is 0 Å². The zero-order chi connectivity index (χ0) is 16.7. The number of rotatable bonds is 3. The lowest BCUT2D eigenvalue weighted by atomic mass is 9.95. The first-order chi connectivity index (χ1) is 11.6. The lowest BCUT2D eigenvalue weighted by Gasteiger charge is -2.32. The molecule has 0 unspecified atom stereocenters. The summed E-state index contributed by atoms with van der Waals surface area (Å²) in [5.74, 6) is 0. The van der Waals surface area contributed by atoms with Crippen molar-refractivity contribution in [3.05, 3.63) is 53.1 Å². The zero-order valence-corrected chi connectivity index (χ0v) is 15.1. The van der Waals surface area contributed by atoms with E-state index in [0.717, 1.165) is 10.8 Å². The molecule has 2 aliphatic rings. The zero-order valence-electron chi connectivity index (χ0n) is 14.2. The number of H-pyrrole nitrogens is 1. The number of nitrogens with one attached hydrogen (secondary N) is 2. The van der Waals surface area contributed by atoms with Crippen LogP contribution in [0, 0.1) is 13.8 Å². The molecule has 1 aliphatic carbocycles. The third kappa shape index (κ3) is 2.61. The molecule has 0 bridgehead atoms. The predicted octanol–water partition coefficient (Wildman–Crippen LogP) is 3.94. The summed E-state index contributed by atoms with van der Waals surface area (Å²) in [6.45, 7) is 4.28. The molecule has 0 aromatic carbocycles. The Kier molecular flexibility index (Phi) is 4.04. The first-order valence-electron chi connectivity index (χ1n) is 8.81. The minimum absolute atomic E-state index is 0.105. The van der Waals surface area contributed by atoms with Crippen molar-refractivity contribution in [2.24, 2.45) is 0 Å². The number of pyridine rings is 1. The standard InChI is InChI=1S/C19H24N4S/c1-12-11-15(13(2)21-12)18-17(16-9-5-6-10-20-16)22-19(24)23(18)14-7-3-4-8-14/h5-6,9-11,14,17-18,21H,3-4,7-8H2,1-2H3,(H,22,24)/t17-,18-/m0/s1. The Bertz CT molecular complexity index is 733. The monoisotopic (exact) mass is 340 g/mol. The smallest absolute Gasteiger partial charge is 0.170 e. The first kappa shape index (κ1) is 15.6. The number of nitrogens with zero attached hydrogens (tertiary/aromatic N) is 2. The van der Waals surface area contributed by atoms with E-state index in [2.05, 4.69) is 52.2 Å². The topological polar surface area (TPSA) is 44.0 Å². The largest absolute Gasteiger partial charge is 0.362 e. The number of aryl methyl sites for hydroxylation is 2. The van der Waals surface area contributed by atoms with Gasteiger partial charge in [0.15, 0.2) is 5.11 Å². The van der Waals surface area contributed by atoms with Crippen LogP contribution in [-0.2, 0) is 0 Å². The van der Waals surface area contributed by atoms with Crippen LogP contribution in [0.1, 0.15) is 60.4 Å². The van der Waals surface area contributed by atoms with Crippen LogP contribution in [0.2, 0.25) is 0 Å². The molecule has 2 N–H and O–H groups in total. The molecule has 24 heavy (non-hydrogen) atoms. The second-order valence-corrected chi connectivity index (χ2v) is 7.39. The van der Waals surface area contributed by atoms with Crippen LogP contribution in [-0.4, -0.2) is 26.0 Å². The van der Waals surface area contributed by atoms with Gasteiger partial charge >= 0.3 is 0 Å². The fourth-order valence-corrected chi connectivity index (χ4v) is 4.72. The second-order valence-electron chi connectivity index (χ2n) is 7.00. The molecule has 2 atom stereocenters. The van der Waals surface area contributed by atoms with Crippen molar-refractivity contribution in [1.29, 1.82) is 0 Å². The maximum absolute atomic E-state index is 5.76. The Morgan fingerprint density at radius 3 is 2.62 bits per heavy atom. The molecule has 3 heterocycles. The molecular weight excluding hydrogens is 316 g/mol. The van der Waals surface area contributed by atoms with Gasteiger partial charge in [-0.25, -0.2) is 0 Å². The third-order valence-corrected chi connectivity index (χ3v) is 5.69. The van der Waals surface area contributed by atoms with E-state index in [1.54, 1.807) is 0 Å². The van der Waals surface area contributed by atoms with Crippen molar-refractivity contribution in [1.82, 2.24) is 20.2 Å². The third-order valence-electron chi connectivity index (χ3n) is 5.36. The highest BCUT2D eigenvalue weighted by atomic mass is 32.1. The molecule has 4 rings (SSSR count). The quantitative estimate of drug-likeness (QED) is 0.831. The highest BCUT2D eigenvalue weighted by Gasteiger charge is 2.44. The molecule has 2 fully saturated rings. The SMILES string of the molecule is Cc1cc([C@H]2[C@H](c3ccccn3)NC(=S)N2C2CCCC2)c(C)[nH]1. The summed E-state index contributed by atoms with van der Waals surface area (Å²) >= 11 is 5.76. The van der Waals surface area contributed by atoms with E-state index in [1.807, 2.05) is 12.3 Å². The van der Waals surface area contributed by atoms with E-state index in [-0.39, 0.29) is 12.1 Å². The van der Waals surface area contributed by atoms with Crippen LogP contribution in [0.3, 0.4) is 0 Å². The number of aromatic amines is 1. The van der Waals surface area contributed by atoms with Crippen LogP contribution in [0.15, 0.2) is 30.5 Å². The molecule has 5 heteroatoms. The van der Waals surface area contributed by atoms with Crippen LogP contribution in [0.5, 0.6) is 0 Å². The number of hydrogen-bond acceptors (Lipinski definition) is 2. The maximum Gasteiger partial charge on any atom is 0.170 e. The Hall–Kier alpha value is -1.88. The van der Waals surface area contributed by atoms with Gasteiger partial charge in [-0.15, -0.1) is 0 Å². The van der Waals surface area contributed by atoms with E-state index in [0.29, 0.717) is 6.04 Å². The van der Waals surface area contributed by atoms with Crippen LogP contribution < -0.4 is 5.32 Å². The van der Waals surface area contributed by atoms with Gasteiger partial charge in [0, 0.05) is 23.6 Å². The molecule has 126 valence electrons. The second kappa shape index (κ2) is 6.20. The Balaban J connectivity index is 1.79.